The fourth-order valence-corrected chi connectivity index (χ4v) is 2.73. The molecule has 0 aromatic heterocycles. The van der Waals surface area contributed by atoms with E-state index >= 15 is 0 Å². The quantitative estimate of drug-likeness (QED) is 0.559. The Labute approximate surface area is 76.8 Å². The Kier molecular flexibility index (Phi) is 1.28. The van der Waals surface area contributed by atoms with Crippen LogP contribution in [0.1, 0.15) is 13.8 Å². The maximum Gasteiger partial charge on any atom is 0.410 e. The Hall–Kier alpha value is -0.770. The second-order valence-corrected chi connectivity index (χ2v) is 3.98. The van der Waals surface area contributed by atoms with Gasteiger partial charge in [0, 0.05) is 12.0 Å². The third-order valence-electron chi connectivity index (χ3n) is 3.47. The topological polar surface area (TPSA) is 42.1 Å². The van der Waals surface area contributed by atoms with E-state index in [9.17, 15) is 4.79 Å². The van der Waals surface area contributed by atoms with Crippen LogP contribution in [0.15, 0.2) is 0 Å². The van der Waals surface area contributed by atoms with Gasteiger partial charge < -0.3 is 9.47 Å². The van der Waals surface area contributed by atoms with E-state index in [-0.39, 0.29) is 6.09 Å². The Morgan fingerprint density at radius 3 is 3.00 bits per heavy atom. The molecule has 13 heavy (non-hydrogen) atoms. The van der Waals surface area contributed by atoms with Crippen LogP contribution in [0, 0.1) is 5.92 Å². The maximum absolute atomic E-state index is 11.4. The second kappa shape index (κ2) is 2.18. The normalized spacial score (nSPS) is 49.7. The highest BCUT2D eigenvalue weighted by atomic mass is 16.6. The average Bonchev–Trinajstić information content (AvgIpc) is 2.72. The third kappa shape index (κ3) is 0.729. The van der Waals surface area contributed by atoms with Gasteiger partial charge in [-0.3, -0.25) is 4.90 Å². The van der Waals surface area contributed by atoms with Crippen molar-refractivity contribution in [2.24, 2.45) is 5.92 Å². The number of epoxide rings is 1. The van der Waals surface area contributed by atoms with Crippen LogP contribution in [0.2, 0.25) is 0 Å². The Bertz CT molecular complexity index is 268. The molecular weight excluding hydrogens is 170 g/mol. The van der Waals surface area contributed by atoms with Crippen molar-refractivity contribution in [3.05, 3.63) is 0 Å². The zero-order valence-electron chi connectivity index (χ0n) is 7.77. The Morgan fingerprint density at radius 1 is 1.54 bits per heavy atom. The fraction of sp³-hybridized carbons (Fsp3) is 0.889. The molecule has 0 aromatic carbocycles. The number of carbonyl (C=O) groups is 1. The zero-order chi connectivity index (χ0) is 9.16. The standard InChI is InChI=1S/C9H13NO3/c1-3-12-9(11)10-4(2)5-6(10)8-7(5)13-8/h4-8H,3H2,1-2H3/t4-,5+,6-,7-,8+/m1/s1. The van der Waals surface area contributed by atoms with Crippen molar-refractivity contribution in [2.45, 2.75) is 38.1 Å². The van der Waals surface area contributed by atoms with Gasteiger partial charge in [-0.1, -0.05) is 0 Å². The van der Waals surface area contributed by atoms with Gasteiger partial charge in [-0.05, 0) is 13.8 Å². The maximum atomic E-state index is 11.4. The number of fused-ring (bicyclic) bond motifs is 4. The van der Waals surface area contributed by atoms with Crippen LogP contribution >= 0.6 is 0 Å². The number of rotatable bonds is 1. The summed E-state index contributed by atoms with van der Waals surface area (Å²) in [7, 11) is 0. The summed E-state index contributed by atoms with van der Waals surface area (Å²) in [6.07, 6.45) is 0.626. The summed E-state index contributed by atoms with van der Waals surface area (Å²) in [5, 5.41) is 0. The third-order valence-corrected chi connectivity index (χ3v) is 3.47. The molecule has 0 bridgehead atoms. The summed E-state index contributed by atoms with van der Waals surface area (Å²) in [4.78, 5) is 13.3. The summed E-state index contributed by atoms with van der Waals surface area (Å²) in [5.41, 5.74) is 0. The Balaban J connectivity index is 1.69. The molecule has 1 aliphatic carbocycles. The van der Waals surface area contributed by atoms with E-state index in [1.54, 1.807) is 0 Å². The van der Waals surface area contributed by atoms with Gasteiger partial charge in [0.2, 0.25) is 0 Å². The van der Waals surface area contributed by atoms with Crippen molar-refractivity contribution < 1.29 is 14.3 Å². The lowest BCUT2D eigenvalue weighted by Gasteiger charge is -2.56. The first-order valence-electron chi connectivity index (χ1n) is 4.86. The van der Waals surface area contributed by atoms with Gasteiger partial charge in [-0.2, -0.15) is 0 Å². The summed E-state index contributed by atoms with van der Waals surface area (Å²) in [6, 6.07) is 0.645. The number of piperidine rings is 1. The Morgan fingerprint density at radius 2 is 2.31 bits per heavy atom. The lowest BCUT2D eigenvalue weighted by atomic mass is 9.66. The SMILES string of the molecule is CCOC(=O)N1[C@H]2[C@@H]3O[C@@H]3[C@H]2[C@H]1C. The molecule has 5 atom stereocenters. The predicted octanol–water partition coefficient (Wildman–Crippen LogP) is 0.613. The summed E-state index contributed by atoms with van der Waals surface area (Å²) in [6.45, 7) is 4.35. The van der Waals surface area contributed by atoms with Crippen LogP contribution in [0.3, 0.4) is 0 Å². The molecule has 72 valence electrons. The number of likely N-dealkylation sites (tertiary alicyclic amines) is 1. The van der Waals surface area contributed by atoms with E-state index in [2.05, 4.69) is 6.92 Å². The van der Waals surface area contributed by atoms with Gasteiger partial charge in [0.05, 0.1) is 18.8 Å². The average molecular weight is 183 g/mol. The molecule has 3 rings (SSSR count). The highest BCUT2D eigenvalue weighted by Crippen LogP contribution is 2.59. The van der Waals surface area contributed by atoms with Crippen LogP contribution < -0.4 is 0 Å². The van der Waals surface area contributed by atoms with E-state index in [1.165, 1.54) is 0 Å². The van der Waals surface area contributed by atoms with E-state index in [0.29, 0.717) is 36.8 Å². The lowest BCUT2D eigenvalue weighted by molar-refractivity contribution is -0.0705. The van der Waals surface area contributed by atoms with Crippen LogP contribution in [0.4, 0.5) is 4.79 Å². The molecule has 2 aliphatic heterocycles. The predicted molar refractivity (Wildman–Crippen MR) is 44.3 cm³/mol. The molecule has 4 heteroatoms. The molecule has 3 fully saturated rings. The van der Waals surface area contributed by atoms with E-state index < -0.39 is 0 Å². The first-order valence-corrected chi connectivity index (χ1v) is 4.86. The molecule has 4 nitrogen and oxygen atoms in total. The minimum absolute atomic E-state index is 0.176. The molecule has 0 unspecified atom stereocenters. The fourth-order valence-electron chi connectivity index (χ4n) is 2.73. The van der Waals surface area contributed by atoms with Crippen molar-refractivity contribution in [1.29, 1.82) is 0 Å². The smallest absolute Gasteiger partial charge is 0.410 e. The molecule has 2 heterocycles. The first-order chi connectivity index (χ1) is 6.25. The van der Waals surface area contributed by atoms with Crippen molar-refractivity contribution in [3.8, 4) is 0 Å². The first kappa shape index (κ1) is 7.62. The molecular formula is C9H13NO3. The van der Waals surface area contributed by atoms with E-state index in [0.717, 1.165) is 0 Å². The molecule has 0 N–H and O–H groups in total. The molecule has 3 aliphatic rings. The zero-order valence-corrected chi connectivity index (χ0v) is 7.77. The number of carbonyl (C=O) groups excluding carboxylic acids is 1. The van der Waals surface area contributed by atoms with Gasteiger partial charge in [0.15, 0.2) is 0 Å². The van der Waals surface area contributed by atoms with Crippen LogP contribution in [0.5, 0.6) is 0 Å². The minimum Gasteiger partial charge on any atom is -0.450 e. The van der Waals surface area contributed by atoms with Crippen molar-refractivity contribution in [3.63, 3.8) is 0 Å². The highest BCUT2D eigenvalue weighted by Gasteiger charge is 2.75. The number of hydrogen-bond donors (Lipinski definition) is 0. The van der Waals surface area contributed by atoms with Crippen LogP contribution in [0.25, 0.3) is 0 Å². The van der Waals surface area contributed by atoms with Crippen molar-refractivity contribution in [1.82, 2.24) is 4.90 Å². The molecule has 2 saturated heterocycles. The van der Waals surface area contributed by atoms with Gasteiger partial charge >= 0.3 is 6.09 Å². The summed E-state index contributed by atoms with van der Waals surface area (Å²) < 4.78 is 10.4. The minimum atomic E-state index is -0.176. The van der Waals surface area contributed by atoms with Gasteiger partial charge in [-0.25, -0.2) is 4.79 Å². The second-order valence-electron chi connectivity index (χ2n) is 3.98. The van der Waals surface area contributed by atoms with Crippen LogP contribution in [-0.4, -0.2) is 41.9 Å². The number of amides is 1. The molecule has 0 spiro atoms. The molecule has 1 saturated carbocycles. The highest BCUT2D eigenvalue weighted by molar-refractivity contribution is 5.71. The number of hydrogen-bond acceptors (Lipinski definition) is 3. The number of ether oxygens (including phenoxy) is 2. The lowest BCUT2D eigenvalue weighted by Crippen LogP contribution is -2.74. The van der Waals surface area contributed by atoms with E-state index in [4.69, 9.17) is 9.47 Å². The largest absolute Gasteiger partial charge is 0.450 e. The molecule has 0 aromatic rings. The van der Waals surface area contributed by atoms with Gasteiger partial charge in [0.25, 0.3) is 0 Å². The van der Waals surface area contributed by atoms with Gasteiger partial charge in [-0.15, -0.1) is 0 Å². The van der Waals surface area contributed by atoms with Crippen LogP contribution in [-0.2, 0) is 9.47 Å². The van der Waals surface area contributed by atoms with Crippen molar-refractivity contribution >= 4 is 6.09 Å². The number of nitrogens with zero attached hydrogens (tertiary/aromatic N) is 1. The van der Waals surface area contributed by atoms with Crippen molar-refractivity contribution in [2.75, 3.05) is 6.61 Å². The molecule has 1 amide bonds. The summed E-state index contributed by atoms with van der Waals surface area (Å²) >= 11 is 0. The monoisotopic (exact) mass is 183 g/mol. The summed E-state index contributed by atoms with van der Waals surface area (Å²) in [5.74, 6) is 0.592. The molecule has 0 radical (unpaired) electrons. The van der Waals surface area contributed by atoms with E-state index in [1.807, 2.05) is 11.8 Å². The van der Waals surface area contributed by atoms with Gasteiger partial charge in [0.1, 0.15) is 6.10 Å².